The summed E-state index contributed by atoms with van der Waals surface area (Å²) in [5, 5.41) is 9.10. The van der Waals surface area contributed by atoms with Crippen LogP contribution >= 0.6 is 0 Å². The molecule has 0 radical (unpaired) electrons. The molecule has 0 aliphatic heterocycles. The van der Waals surface area contributed by atoms with E-state index in [4.69, 9.17) is 5.11 Å². The van der Waals surface area contributed by atoms with Crippen molar-refractivity contribution in [1.29, 1.82) is 0 Å². The van der Waals surface area contributed by atoms with Crippen LogP contribution in [0, 0.1) is 0 Å². The number of nitrogens with zero attached hydrogens (tertiary/aromatic N) is 2. The Bertz CT molecular complexity index is 675. The van der Waals surface area contributed by atoms with E-state index in [2.05, 4.69) is 9.97 Å². The van der Waals surface area contributed by atoms with E-state index in [0.29, 0.717) is 5.56 Å². The van der Waals surface area contributed by atoms with Crippen molar-refractivity contribution in [1.82, 2.24) is 9.97 Å². The molecule has 0 bridgehead atoms. The van der Waals surface area contributed by atoms with E-state index in [0.717, 1.165) is 6.20 Å². The van der Waals surface area contributed by atoms with Crippen LogP contribution in [0.3, 0.4) is 0 Å². The number of aromatic nitrogens is 2. The van der Waals surface area contributed by atoms with Crippen LogP contribution in [0.15, 0.2) is 36.5 Å². The quantitative estimate of drug-likeness (QED) is 0.808. The number of carboxylic acid groups (broad SMARTS) is 1. The average Bonchev–Trinajstić information content (AvgIpc) is 2.38. The van der Waals surface area contributed by atoms with E-state index in [-0.39, 0.29) is 22.8 Å². The van der Waals surface area contributed by atoms with Crippen molar-refractivity contribution in [3.05, 3.63) is 47.9 Å². The molecule has 0 spiro atoms. The van der Waals surface area contributed by atoms with Gasteiger partial charge >= 0.3 is 5.97 Å². The number of aromatic carboxylic acids is 1. The van der Waals surface area contributed by atoms with Gasteiger partial charge in [0, 0.05) is 11.8 Å². The fourth-order valence-corrected chi connectivity index (χ4v) is 1.97. The molecule has 1 aromatic carbocycles. The van der Waals surface area contributed by atoms with Gasteiger partial charge in [0.2, 0.25) is 0 Å². The number of hydrogen-bond donors (Lipinski definition) is 2. The Morgan fingerprint density at radius 1 is 1.21 bits per heavy atom. The number of rotatable bonds is 4. The summed E-state index contributed by atoms with van der Waals surface area (Å²) in [7, 11) is -2.66. The smallest absolute Gasteiger partial charge is 0.339 e. The number of hydrogen-bond acceptors (Lipinski definition) is 5. The molecule has 0 saturated heterocycles. The Labute approximate surface area is 110 Å². The monoisotopic (exact) mass is 278 g/mol. The fourth-order valence-electron chi connectivity index (χ4n) is 1.58. The van der Waals surface area contributed by atoms with Gasteiger partial charge in [-0.1, -0.05) is 30.3 Å². The molecular weight excluding hydrogens is 268 g/mol. The normalized spacial score (nSPS) is 10.6. The third-order valence-corrected chi connectivity index (χ3v) is 2.93. The maximum atomic E-state index is 11.1. The van der Waals surface area contributed by atoms with Gasteiger partial charge in [0.15, 0.2) is 0 Å². The lowest BCUT2D eigenvalue weighted by Crippen LogP contribution is -2.06. The molecule has 1 N–H and O–H groups in total. The van der Waals surface area contributed by atoms with Crippen molar-refractivity contribution in [2.75, 3.05) is 0 Å². The van der Waals surface area contributed by atoms with Crippen LogP contribution in [0.5, 0.6) is 0 Å². The molecule has 0 atom stereocenters. The van der Waals surface area contributed by atoms with Crippen LogP contribution in [0.25, 0.3) is 11.3 Å². The van der Waals surface area contributed by atoms with Gasteiger partial charge in [0.05, 0.1) is 5.69 Å². The SMILES string of the molecule is O=C(O)c1cnc(C[SH](=O)=O)nc1-c1ccccc1. The van der Waals surface area contributed by atoms with E-state index in [1.807, 2.05) is 0 Å². The second-order valence-electron chi connectivity index (χ2n) is 3.71. The predicted molar refractivity (Wildman–Crippen MR) is 68.4 cm³/mol. The first-order valence-electron chi connectivity index (χ1n) is 5.34. The third kappa shape index (κ3) is 3.14. The Morgan fingerprint density at radius 3 is 2.47 bits per heavy atom. The lowest BCUT2D eigenvalue weighted by atomic mass is 10.1. The topological polar surface area (TPSA) is 97.2 Å². The average molecular weight is 278 g/mol. The lowest BCUT2D eigenvalue weighted by molar-refractivity contribution is 0.0697. The van der Waals surface area contributed by atoms with Crippen molar-refractivity contribution in [3.8, 4) is 11.3 Å². The minimum atomic E-state index is -2.66. The first kappa shape index (κ1) is 13.2. The minimum absolute atomic E-state index is 0.0592. The molecule has 2 rings (SSSR count). The van der Waals surface area contributed by atoms with Gasteiger partial charge in [-0.2, -0.15) is 0 Å². The number of carbonyl (C=O) groups is 1. The maximum Gasteiger partial charge on any atom is 0.339 e. The van der Waals surface area contributed by atoms with Gasteiger partial charge in [0.25, 0.3) is 0 Å². The summed E-state index contributed by atoms with van der Waals surface area (Å²) in [4.78, 5) is 18.9. The molecule has 6 nitrogen and oxygen atoms in total. The molecule has 1 heterocycles. The second kappa shape index (κ2) is 5.57. The third-order valence-electron chi connectivity index (χ3n) is 2.39. The fraction of sp³-hybridized carbons (Fsp3) is 0.0833. The Kier molecular flexibility index (Phi) is 3.86. The maximum absolute atomic E-state index is 11.1. The standard InChI is InChI=1S/C12H10N2O4S/c15-12(16)9-6-13-10(7-19(17)18)14-11(9)8-4-2-1-3-5-8/h1-6,19H,7H2,(H,15,16). The van der Waals surface area contributed by atoms with E-state index in [1.165, 1.54) is 0 Å². The second-order valence-corrected chi connectivity index (χ2v) is 4.69. The minimum Gasteiger partial charge on any atom is -0.478 e. The van der Waals surface area contributed by atoms with Gasteiger partial charge in [0.1, 0.15) is 27.8 Å². The molecule has 0 amide bonds. The summed E-state index contributed by atoms with van der Waals surface area (Å²) in [6.07, 6.45) is 1.13. The van der Waals surface area contributed by atoms with E-state index in [1.54, 1.807) is 30.3 Å². The van der Waals surface area contributed by atoms with Crippen LogP contribution in [0.2, 0.25) is 0 Å². The van der Waals surface area contributed by atoms with Crippen molar-refractivity contribution in [2.45, 2.75) is 5.75 Å². The molecule has 1 aromatic heterocycles. The van der Waals surface area contributed by atoms with Crippen molar-refractivity contribution < 1.29 is 18.3 Å². The molecule has 0 aliphatic rings. The first-order valence-corrected chi connectivity index (χ1v) is 6.70. The Hall–Kier alpha value is -2.28. The van der Waals surface area contributed by atoms with Gasteiger partial charge in [-0.15, -0.1) is 0 Å². The molecule has 7 heteroatoms. The van der Waals surface area contributed by atoms with Crippen LogP contribution in [-0.2, 0) is 16.5 Å². The molecular formula is C12H10N2O4S. The zero-order valence-corrected chi connectivity index (χ0v) is 10.6. The van der Waals surface area contributed by atoms with Crippen LogP contribution in [-0.4, -0.2) is 29.5 Å². The summed E-state index contributed by atoms with van der Waals surface area (Å²) >= 11 is 0. The number of thiol groups is 1. The summed E-state index contributed by atoms with van der Waals surface area (Å²) in [6.45, 7) is 0. The molecule has 0 unspecified atom stereocenters. The van der Waals surface area contributed by atoms with Crippen LogP contribution in [0.1, 0.15) is 16.2 Å². The largest absolute Gasteiger partial charge is 0.478 e. The highest BCUT2D eigenvalue weighted by molar-refractivity contribution is 7.71. The zero-order chi connectivity index (χ0) is 13.8. The first-order chi connectivity index (χ1) is 9.08. The highest BCUT2D eigenvalue weighted by atomic mass is 32.2. The highest BCUT2D eigenvalue weighted by Crippen LogP contribution is 2.21. The highest BCUT2D eigenvalue weighted by Gasteiger charge is 2.15. The van der Waals surface area contributed by atoms with Crippen LogP contribution in [0.4, 0.5) is 0 Å². The summed E-state index contributed by atoms with van der Waals surface area (Å²) < 4.78 is 21.4. The summed E-state index contributed by atoms with van der Waals surface area (Å²) in [5.41, 5.74) is 0.760. The summed E-state index contributed by atoms with van der Waals surface area (Å²) in [6, 6.07) is 8.69. The van der Waals surface area contributed by atoms with Gasteiger partial charge in [-0.05, 0) is 0 Å². The van der Waals surface area contributed by atoms with Gasteiger partial charge < -0.3 is 5.11 Å². The van der Waals surface area contributed by atoms with Crippen molar-refractivity contribution >= 4 is 16.7 Å². The van der Waals surface area contributed by atoms with Gasteiger partial charge in [-0.25, -0.2) is 23.2 Å². The van der Waals surface area contributed by atoms with Crippen molar-refractivity contribution in [2.24, 2.45) is 0 Å². The molecule has 0 saturated carbocycles. The van der Waals surface area contributed by atoms with E-state index < -0.39 is 16.7 Å². The van der Waals surface area contributed by atoms with E-state index >= 15 is 0 Å². The molecule has 98 valence electrons. The Balaban J connectivity index is 2.57. The molecule has 2 aromatic rings. The van der Waals surface area contributed by atoms with Crippen LogP contribution < -0.4 is 0 Å². The number of carboxylic acids is 1. The predicted octanol–water partition coefficient (Wildman–Crippen LogP) is 0.953. The molecule has 19 heavy (non-hydrogen) atoms. The van der Waals surface area contributed by atoms with E-state index in [9.17, 15) is 13.2 Å². The molecule has 0 fully saturated rings. The van der Waals surface area contributed by atoms with Crippen molar-refractivity contribution in [3.63, 3.8) is 0 Å². The van der Waals surface area contributed by atoms with Gasteiger partial charge in [-0.3, -0.25) is 0 Å². The zero-order valence-electron chi connectivity index (χ0n) is 9.68. The Morgan fingerprint density at radius 2 is 1.89 bits per heavy atom. The number of benzene rings is 1. The summed E-state index contributed by atoms with van der Waals surface area (Å²) in [5.74, 6) is -1.38. The molecule has 0 aliphatic carbocycles. The lowest BCUT2D eigenvalue weighted by Gasteiger charge is -2.06.